The second-order valence-corrected chi connectivity index (χ2v) is 7.25. The van der Waals surface area contributed by atoms with Gasteiger partial charge in [0.15, 0.2) is 0 Å². The monoisotopic (exact) mass is 299 g/mol. The van der Waals surface area contributed by atoms with Gasteiger partial charge >= 0.3 is 0 Å². The van der Waals surface area contributed by atoms with E-state index in [9.17, 15) is 18.5 Å². The van der Waals surface area contributed by atoms with Crippen molar-refractivity contribution in [1.82, 2.24) is 4.31 Å². The SMILES string of the molecule is CC1CC1CN(C)S(=O)(=O)c1cc([N+](=O)[O-])ccc1N. The molecule has 1 aromatic rings. The van der Waals surface area contributed by atoms with Crippen LogP contribution in [0.15, 0.2) is 23.1 Å². The predicted molar refractivity (Wildman–Crippen MR) is 74.6 cm³/mol. The fraction of sp³-hybridized carbons (Fsp3) is 0.500. The van der Waals surface area contributed by atoms with Crippen molar-refractivity contribution in [3.63, 3.8) is 0 Å². The van der Waals surface area contributed by atoms with Crippen molar-refractivity contribution in [2.24, 2.45) is 11.8 Å². The lowest BCUT2D eigenvalue weighted by atomic mass is 10.3. The normalized spacial score (nSPS) is 21.9. The topological polar surface area (TPSA) is 107 Å². The Bertz CT molecular complexity index is 644. The van der Waals surface area contributed by atoms with Crippen LogP contribution in [0.5, 0.6) is 0 Å². The number of nitro groups is 1. The third kappa shape index (κ3) is 2.75. The standard InChI is InChI=1S/C12H17N3O4S/c1-8-5-9(8)7-14(2)20(18,19)12-6-10(15(16)17)3-4-11(12)13/h3-4,6,8-9H,5,7,13H2,1-2H3. The highest BCUT2D eigenvalue weighted by atomic mass is 32.2. The Labute approximate surface area is 117 Å². The van der Waals surface area contributed by atoms with Crippen LogP contribution in [0.4, 0.5) is 11.4 Å². The van der Waals surface area contributed by atoms with Gasteiger partial charge < -0.3 is 5.73 Å². The maximum atomic E-state index is 12.4. The highest BCUT2D eigenvalue weighted by Gasteiger charge is 2.36. The average molecular weight is 299 g/mol. The fourth-order valence-electron chi connectivity index (χ4n) is 2.11. The first-order valence-electron chi connectivity index (χ1n) is 6.23. The minimum Gasteiger partial charge on any atom is -0.398 e. The van der Waals surface area contributed by atoms with Gasteiger partial charge in [-0.1, -0.05) is 6.92 Å². The first kappa shape index (κ1) is 14.7. The molecule has 0 aliphatic heterocycles. The number of non-ortho nitro benzene ring substituents is 1. The van der Waals surface area contributed by atoms with E-state index in [-0.39, 0.29) is 16.3 Å². The molecule has 0 spiro atoms. The zero-order chi connectivity index (χ0) is 15.1. The molecule has 0 radical (unpaired) electrons. The van der Waals surface area contributed by atoms with Gasteiger partial charge in [0.1, 0.15) is 4.90 Å². The minimum atomic E-state index is -3.80. The van der Waals surface area contributed by atoms with Crippen LogP contribution in [-0.4, -0.2) is 31.2 Å². The molecule has 110 valence electrons. The molecule has 0 bridgehead atoms. The number of anilines is 1. The number of rotatable bonds is 5. The van der Waals surface area contributed by atoms with E-state index in [1.807, 2.05) is 0 Å². The molecule has 1 aromatic carbocycles. The van der Waals surface area contributed by atoms with E-state index in [2.05, 4.69) is 6.92 Å². The van der Waals surface area contributed by atoms with Crippen molar-refractivity contribution in [3.8, 4) is 0 Å². The summed E-state index contributed by atoms with van der Waals surface area (Å²) in [4.78, 5) is 9.90. The molecular formula is C12H17N3O4S. The molecule has 7 nitrogen and oxygen atoms in total. The molecule has 2 N–H and O–H groups in total. The lowest BCUT2D eigenvalue weighted by Gasteiger charge is -2.18. The second kappa shape index (κ2) is 5.02. The van der Waals surface area contributed by atoms with E-state index in [0.29, 0.717) is 18.4 Å². The fourth-order valence-corrected chi connectivity index (χ4v) is 3.47. The number of sulfonamides is 1. The minimum absolute atomic E-state index is 0.0197. The van der Waals surface area contributed by atoms with Gasteiger partial charge in [0.25, 0.3) is 5.69 Å². The molecule has 1 fully saturated rings. The summed E-state index contributed by atoms with van der Waals surface area (Å²) >= 11 is 0. The summed E-state index contributed by atoms with van der Waals surface area (Å²) in [6, 6.07) is 3.45. The molecule has 0 heterocycles. The number of nitrogen functional groups attached to an aromatic ring is 1. The van der Waals surface area contributed by atoms with Crippen molar-refractivity contribution in [1.29, 1.82) is 0 Å². The molecule has 1 saturated carbocycles. The first-order chi connectivity index (χ1) is 9.23. The summed E-state index contributed by atoms with van der Waals surface area (Å²) in [7, 11) is -2.33. The lowest BCUT2D eigenvalue weighted by Crippen LogP contribution is -2.29. The number of benzene rings is 1. The number of hydrogen-bond acceptors (Lipinski definition) is 5. The summed E-state index contributed by atoms with van der Waals surface area (Å²) in [6.45, 7) is 2.47. The van der Waals surface area contributed by atoms with Crippen LogP contribution in [0, 0.1) is 22.0 Å². The summed E-state index contributed by atoms with van der Waals surface area (Å²) in [5.41, 5.74) is 5.39. The van der Waals surface area contributed by atoms with E-state index in [1.165, 1.54) is 23.5 Å². The van der Waals surface area contributed by atoms with Crippen molar-refractivity contribution < 1.29 is 13.3 Å². The van der Waals surface area contributed by atoms with E-state index in [0.717, 1.165) is 12.5 Å². The van der Waals surface area contributed by atoms with Gasteiger partial charge in [0, 0.05) is 25.7 Å². The van der Waals surface area contributed by atoms with Crippen LogP contribution in [0.25, 0.3) is 0 Å². The highest BCUT2D eigenvalue weighted by Crippen LogP contribution is 2.39. The first-order valence-corrected chi connectivity index (χ1v) is 7.67. The maximum absolute atomic E-state index is 12.4. The molecule has 8 heteroatoms. The van der Waals surface area contributed by atoms with Crippen LogP contribution in [0.1, 0.15) is 13.3 Å². The molecular weight excluding hydrogens is 282 g/mol. The molecule has 2 rings (SSSR count). The Morgan fingerprint density at radius 3 is 2.60 bits per heavy atom. The average Bonchev–Trinajstić information content (AvgIpc) is 3.04. The molecule has 1 aliphatic carbocycles. The van der Waals surface area contributed by atoms with Crippen molar-refractivity contribution in [3.05, 3.63) is 28.3 Å². The van der Waals surface area contributed by atoms with E-state index < -0.39 is 14.9 Å². The van der Waals surface area contributed by atoms with Gasteiger partial charge in [-0.15, -0.1) is 0 Å². The Kier molecular flexibility index (Phi) is 3.70. The number of hydrogen-bond donors (Lipinski definition) is 1. The third-order valence-corrected chi connectivity index (χ3v) is 5.54. The van der Waals surface area contributed by atoms with E-state index in [1.54, 1.807) is 0 Å². The van der Waals surface area contributed by atoms with Crippen LogP contribution in [0.3, 0.4) is 0 Å². The molecule has 0 aromatic heterocycles. The Morgan fingerprint density at radius 2 is 2.10 bits per heavy atom. The van der Waals surface area contributed by atoms with Crippen LogP contribution in [-0.2, 0) is 10.0 Å². The van der Waals surface area contributed by atoms with Crippen molar-refractivity contribution in [2.75, 3.05) is 19.3 Å². The lowest BCUT2D eigenvalue weighted by molar-refractivity contribution is -0.385. The summed E-state index contributed by atoms with van der Waals surface area (Å²) < 4.78 is 26.1. The van der Waals surface area contributed by atoms with Gasteiger partial charge in [-0.25, -0.2) is 12.7 Å². The Hall–Kier alpha value is -1.67. The van der Waals surface area contributed by atoms with Gasteiger partial charge in [-0.05, 0) is 24.3 Å². The molecule has 20 heavy (non-hydrogen) atoms. The Balaban J connectivity index is 2.32. The highest BCUT2D eigenvalue weighted by molar-refractivity contribution is 7.89. The van der Waals surface area contributed by atoms with E-state index >= 15 is 0 Å². The second-order valence-electron chi connectivity index (χ2n) is 5.24. The van der Waals surface area contributed by atoms with Gasteiger partial charge in [0.2, 0.25) is 10.0 Å². The van der Waals surface area contributed by atoms with Crippen LogP contribution < -0.4 is 5.73 Å². The van der Waals surface area contributed by atoms with Crippen LogP contribution >= 0.6 is 0 Å². The van der Waals surface area contributed by atoms with Crippen molar-refractivity contribution >= 4 is 21.4 Å². The zero-order valence-electron chi connectivity index (χ0n) is 11.3. The third-order valence-electron chi connectivity index (χ3n) is 3.66. The summed E-state index contributed by atoms with van der Waals surface area (Å²) in [5.74, 6) is 0.879. The molecule has 0 saturated heterocycles. The van der Waals surface area contributed by atoms with Gasteiger partial charge in [-0.3, -0.25) is 10.1 Å². The smallest absolute Gasteiger partial charge is 0.270 e. The Morgan fingerprint density at radius 1 is 1.50 bits per heavy atom. The molecule has 1 aliphatic rings. The summed E-state index contributed by atoms with van der Waals surface area (Å²) in [5, 5.41) is 10.7. The molecule has 2 unspecified atom stereocenters. The number of nitrogens with two attached hydrogens (primary N) is 1. The number of nitro benzene ring substituents is 1. The quantitative estimate of drug-likeness (QED) is 0.503. The van der Waals surface area contributed by atoms with Crippen LogP contribution in [0.2, 0.25) is 0 Å². The maximum Gasteiger partial charge on any atom is 0.270 e. The van der Waals surface area contributed by atoms with Gasteiger partial charge in [-0.2, -0.15) is 0 Å². The summed E-state index contributed by atoms with van der Waals surface area (Å²) in [6.07, 6.45) is 1.00. The largest absolute Gasteiger partial charge is 0.398 e. The molecule has 2 atom stereocenters. The van der Waals surface area contributed by atoms with Gasteiger partial charge in [0.05, 0.1) is 10.6 Å². The van der Waals surface area contributed by atoms with E-state index in [4.69, 9.17) is 5.73 Å². The zero-order valence-corrected chi connectivity index (χ0v) is 12.1. The molecule has 0 amide bonds. The van der Waals surface area contributed by atoms with Crippen molar-refractivity contribution in [2.45, 2.75) is 18.2 Å². The number of nitrogens with zero attached hydrogens (tertiary/aromatic N) is 2. The predicted octanol–water partition coefficient (Wildman–Crippen LogP) is 1.45.